The van der Waals surface area contributed by atoms with Crippen LogP contribution in [0.2, 0.25) is 0 Å². The summed E-state index contributed by atoms with van der Waals surface area (Å²) in [5.74, 6) is 1.91. The smallest absolute Gasteiger partial charge is 0.119 e. The van der Waals surface area contributed by atoms with Crippen molar-refractivity contribution in [2.45, 2.75) is 24.8 Å². The van der Waals surface area contributed by atoms with Gasteiger partial charge in [0.1, 0.15) is 5.75 Å². The number of allylic oxidation sites excluding steroid dienone is 2. The van der Waals surface area contributed by atoms with Gasteiger partial charge in [-0.1, -0.05) is 84.9 Å². The number of benzene rings is 4. The van der Waals surface area contributed by atoms with Crippen molar-refractivity contribution in [1.82, 2.24) is 0 Å². The average molecular weight is 418 g/mol. The molecule has 0 saturated carbocycles. The largest absolute Gasteiger partial charge is 0.493 e. The molecule has 1 aliphatic heterocycles. The maximum Gasteiger partial charge on any atom is 0.119 e. The van der Waals surface area contributed by atoms with Gasteiger partial charge in [-0.15, -0.1) is 0 Å². The van der Waals surface area contributed by atoms with E-state index in [0.29, 0.717) is 24.5 Å². The molecule has 1 N–H and O–H groups in total. The Hall–Kier alpha value is -3.52. The molecule has 0 amide bonds. The summed E-state index contributed by atoms with van der Waals surface area (Å²) in [6, 6.07) is 32.8. The molecule has 3 atom stereocenters. The topological polar surface area (TPSA) is 21.3 Å². The number of fused-ring (bicyclic) bond motifs is 4. The lowest BCUT2D eigenvalue weighted by Crippen LogP contribution is -2.29. The monoisotopic (exact) mass is 417 g/mol. The van der Waals surface area contributed by atoms with Crippen LogP contribution in [0.3, 0.4) is 0 Å². The fourth-order valence-corrected chi connectivity index (χ4v) is 5.42. The van der Waals surface area contributed by atoms with Crippen molar-refractivity contribution in [3.63, 3.8) is 0 Å². The first-order chi connectivity index (χ1) is 15.9. The first kappa shape index (κ1) is 19.2. The van der Waals surface area contributed by atoms with E-state index in [1.54, 1.807) is 0 Å². The Labute approximate surface area is 189 Å². The molecule has 4 aromatic rings. The maximum absolute atomic E-state index is 6.14. The summed E-state index contributed by atoms with van der Waals surface area (Å²) in [4.78, 5) is 0. The van der Waals surface area contributed by atoms with Gasteiger partial charge in [0.25, 0.3) is 0 Å². The van der Waals surface area contributed by atoms with Crippen LogP contribution < -0.4 is 10.1 Å². The summed E-state index contributed by atoms with van der Waals surface area (Å²) >= 11 is 0. The van der Waals surface area contributed by atoms with E-state index in [1.165, 1.54) is 33.2 Å². The van der Waals surface area contributed by atoms with Crippen LogP contribution in [0, 0.1) is 5.92 Å². The van der Waals surface area contributed by atoms with Gasteiger partial charge in [-0.2, -0.15) is 0 Å². The fourth-order valence-electron chi connectivity index (χ4n) is 5.42. The van der Waals surface area contributed by atoms with E-state index in [2.05, 4.69) is 108 Å². The van der Waals surface area contributed by atoms with E-state index in [4.69, 9.17) is 4.74 Å². The Morgan fingerprint density at radius 2 is 1.66 bits per heavy atom. The number of nitrogens with one attached hydrogen (secondary N) is 1. The maximum atomic E-state index is 6.14. The van der Waals surface area contributed by atoms with Crippen LogP contribution in [0.25, 0.3) is 10.8 Å². The molecule has 2 aliphatic rings. The molecule has 2 heteroatoms. The summed E-state index contributed by atoms with van der Waals surface area (Å²) in [7, 11) is 0. The van der Waals surface area contributed by atoms with E-state index in [-0.39, 0.29) is 0 Å². The van der Waals surface area contributed by atoms with Crippen LogP contribution in [0.15, 0.2) is 103 Å². The lowest BCUT2D eigenvalue weighted by molar-refractivity contribution is 0.320. The highest BCUT2D eigenvalue weighted by molar-refractivity contribution is 5.86. The Bertz CT molecular complexity index is 1270. The summed E-state index contributed by atoms with van der Waals surface area (Å²) in [5, 5.41) is 6.55. The van der Waals surface area contributed by atoms with Gasteiger partial charge in [0.15, 0.2) is 0 Å². The third-order valence-electron chi connectivity index (χ3n) is 6.99. The predicted molar refractivity (Wildman–Crippen MR) is 132 cm³/mol. The number of hydrogen-bond donors (Lipinski definition) is 1. The van der Waals surface area contributed by atoms with Gasteiger partial charge in [0.05, 0.1) is 12.6 Å². The van der Waals surface area contributed by atoms with Crippen molar-refractivity contribution in [2.24, 2.45) is 5.92 Å². The van der Waals surface area contributed by atoms with Crippen molar-refractivity contribution in [2.75, 3.05) is 11.9 Å². The molecule has 0 radical (unpaired) electrons. The molecule has 0 spiro atoms. The molecule has 0 bridgehead atoms. The molecular formula is C30H27NO. The standard InChI is InChI=1S/C30H27NO/c1-2-8-21(9-3-1)18-19-32-23-16-17-29-28(20-23)25-13-7-15-27(25)30(31-29)26-14-6-11-22-10-4-5-12-24(22)26/h1-14,16-17,20,25,27,30-31H,15,18-19H2. The van der Waals surface area contributed by atoms with Gasteiger partial charge in [0, 0.05) is 18.0 Å². The van der Waals surface area contributed by atoms with Crippen LogP contribution in [-0.4, -0.2) is 6.61 Å². The summed E-state index contributed by atoms with van der Waals surface area (Å²) in [5.41, 5.74) is 5.29. The zero-order valence-electron chi connectivity index (χ0n) is 18.1. The summed E-state index contributed by atoms with van der Waals surface area (Å²) < 4.78 is 6.14. The molecule has 32 heavy (non-hydrogen) atoms. The zero-order chi connectivity index (χ0) is 21.3. The van der Waals surface area contributed by atoms with Crippen LogP contribution >= 0.6 is 0 Å². The van der Waals surface area contributed by atoms with Crippen LogP contribution in [0.1, 0.15) is 35.1 Å². The number of rotatable bonds is 5. The Morgan fingerprint density at radius 3 is 2.59 bits per heavy atom. The molecule has 0 aromatic heterocycles. The molecule has 0 fully saturated rings. The minimum absolute atomic E-state index is 0.304. The van der Waals surface area contributed by atoms with E-state index in [1.807, 2.05) is 0 Å². The van der Waals surface area contributed by atoms with E-state index in [9.17, 15) is 0 Å². The van der Waals surface area contributed by atoms with Crippen molar-refractivity contribution in [1.29, 1.82) is 0 Å². The molecule has 1 aliphatic carbocycles. The third-order valence-corrected chi connectivity index (χ3v) is 6.99. The van der Waals surface area contributed by atoms with E-state index >= 15 is 0 Å². The van der Waals surface area contributed by atoms with Gasteiger partial charge in [-0.05, 0) is 58.0 Å². The van der Waals surface area contributed by atoms with Gasteiger partial charge < -0.3 is 10.1 Å². The molecule has 2 nitrogen and oxygen atoms in total. The normalized spacial score (nSPS) is 21.1. The lowest BCUT2D eigenvalue weighted by Gasteiger charge is -2.38. The first-order valence-corrected chi connectivity index (χ1v) is 11.6. The molecule has 158 valence electrons. The van der Waals surface area contributed by atoms with Gasteiger partial charge in [-0.3, -0.25) is 0 Å². The van der Waals surface area contributed by atoms with Crippen molar-refractivity contribution in [3.05, 3.63) is 120 Å². The Kier molecular flexibility index (Phi) is 4.92. The third kappa shape index (κ3) is 3.46. The number of anilines is 1. The molecule has 1 heterocycles. The molecule has 3 unspecified atom stereocenters. The quantitative estimate of drug-likeness (QED) is 0.344. The fraction of sp³-hybridized carbons (Fsp3) is 0.200. The highest BCUT2D eigenvalue weighted by atomic mass is 16.5. The Morgan fingerprint density at radius 1 is 0.812 bits per heavy atom. The highest BCUT2D eigenvalue weighted by Crippen LogP contribution is 2.51. The number of hydrogen-bond acceptors (Lipinski definition) is 2. The highest BCUT2D eigenvalue weighted by Gasteiger charge is 2.38. The van der Waals surface area contributed by atoms with Gasteiger partial charge >= 0.3 is 0 Å². The predicted octanol–water partition coefficient (Wildman–Crippen LogP) is 7.29. The molecule has 6 rings (SSSR count). The van der Waals surface area contributed by atoms with Gasteiger partial charge in [-0.25, -0.2) is 0 Å². The number of ether oxygens (including phenoxy) is 1. The zero-order valence-corrected chi connectivity index (χ0v) is 18.1. The minimum Gasteiger partial charge on any atom is -0.493 e. The van der Waals surface area contributed by atoms with Crippen LogP contribution in [0.5, 0.6) is 5.75 Å². The lowest BCUT2D eigenvalue weighted by atomic mass is 9.76. The van der Waals surface area contributed by atoms with Crippen molar-refractivity contribution in [3.8, 4) is 5.75 Å². The summed E-state index contributed by atoms with van der Waals surface area (Å²) in [6.07, 6.45) is 6.78. The Balaban J connectivity index is 1.27. The van der Waals surface area contributed by atoms with Crippen molar-refractivity contribution < 1.29 is 4.74 Å². The van der Waals surface area contributed by atoms with Crippen LogP contribution in [0.4, 0.5) is 5.69 Å². The van der Waals surface area contributed by atoms with Gasteiger partial charge in [0.2, 0.25) is 0 Å². The molecular weight excluding hydrogens is 390 g/mol. The molecule has 4 aromatic carbocycles. The average Bonchev–Trinajstić information content (AvgIpc) is 3.34. The van der Waals surface area contributed by atoms with E-state index in [0.717, 1.165) is 18.6 Å². The molecule has 0 saturated heterocycles. The SMILES string of the molecule is C1=CC2c3cc(OCCc4ccccc4)ccc3NC(c3cccc4ccccc34)C2C1. The second-order valence-corrected chi connectivity index (χ2v) is 8.88. The minimum atomic E-state index is 0.304. The van der Waals surface area contributed by atoms with E-state index < -0.39 is 0 Å². The van der Waals surface area contributed by atoms with Crippen LogP contribution in [-0.2, 0) is 6.42 Å². The van der Waals surface area contributed by atoms with Crippen molar-refractivity contribution >= 4 is 16.5 Å². The second kappa shape index (κ2) is 8.20. The summed E-state index contributed by atoms with van der Waals surface area (Å²) in [6.45, 7) is 0.693. The first-order valence-electron chi connectivity index (χ1n) is 11.6. The second-order valence-electron chi connectivity index (χ2n) is 8.88.